The summed E-state index contributed by atoms with van der Waals surface area (Å²) in [6.45, 7) is 2.16. The van der Waals surface area contributed by atoms with Gasteiger partial charge < -0.3 is 5.11 Å². The van der Waals surface area contributed by atoms with Gasteiger partial charge in [-0.3, -0.25) is 4.18 Å². The van der Waals surface area contributed by atoms with Gasteiger partial charge in [-0.1, -0.05) is 28.9 Å². The first-order valence-corrected chi connectivity index (χ1v) is 11.2. The van der Waals surface area contributed by atoms with Gasteiger partial charge in [-0.2, -0.15) is 8.42 Å². The second kappa shape index (κ2) is 5.94. The van der Waals surface area contributed by atoms with Crippen LogP contribution in [0.1, 0.15) is 49.7 Å². The van der Waals surface area contributed by atoms with E-state index in [0.717, 1.165) is 32.1 Å². The number of aromatic hydroxyl groups is 1. The Morgan fingerprint density at radius 1 is 1.36 bits per heavy atom. The molecule has 3 aliphatic rings. The van der Waals surface area contributed by atoms with Crippen LogP contribution in [0.2, 0.25) is 0 Å². The summed E-state index contributed by atoms with van der Waals surface area (Å²) in [6.07, 6.45) is 4.47. The summed E-state index contributed by atoms with van der Waals surface area (Å²) < 4.78 is 28.4. The number of halogens is 1. The van der Waals surface area contributed by atoms with E-state index < -0.39 is 16.4 Å². The molecule has 1 aromatic rings. The van der Waals surface area contributed by atoms with E-state index in [1.807, 2.05) is 6.07 Å². The van der Waals surface area contributed by atoms with Crippen LogP contribution in [-0.4, -0.2) is 24.5 Å². The number of rotatable bonds is 2. The van der Waals surface area contributed by atoms with Crippen molar-refractivity contribution in [1.82, 2.24) is 0 Å². The molecule has 0 unspecified atom stereocenters. The number of aryl methyl sites for hydroxylation is 1. The van der Waals surface area contributed by atoms with Crippen LogP contribution in [0.25, 0.3) is 0 Å². The average molecular weight is 430 g/mol. The fourth-order valence-electron chi connectivity index (χ4n) is 5.81. The van der Waals surface area contributed by atoms with Crippen LogP contribution in [0.5, 0.6) is 5.75 Å². The molecule has 7 heteroatoms. The zero-order valence-corrected chi connectivity index (χ0v) is 16.6. The molecule has 2 saturated carbocycles. The predicted octanol–water partition coefficient (Wildman–Crippen LogP) is 3.21. The summed E-state index contributed by atoms with van der Waals surface area (Å²) in [5.41, 5.74) is 2.43. The van der Waals surface area contributed by atoms with Gasteiger partial charge in [-0.25, -0.2) is 5.14 Å². The first-order chi connectivity index (χ1) is 11.7. The topological polar surface area (TPSA) is 89.6 Å². The van der Waals surface area contributed by atoms with E-state index in [-0.39, 0.29) is 10.2 Å². The minimum atomic E-state index is -3.97. The third-order valence-corrected chi connectivity index (χ3v) is 8.17. The van der Waals surface area contributed by atoms with Crippen molar-refractivity contribution in [2.45, 2.75) is 55.9 Å². The van der Waals surface area contributed by atoms with E-state index in [2.05, 4.69) is 28.9 Å². The van der Waals surface area contributed by atoms with Gasteiger partial charge in [0.1, 0.15) is 5.75 Å². The molecule has 0 aliphatic heterocycles. The summed E-state index contributed by atoms with van der Waals surface area (Å²) in [6, 6.07) is 5.75. The molecular formula is C18H24BrNO4S. The lowest BCUT2D eigenvalue weighted by Crippen LogP contribution is -2.46. The summed E-state index contributed by atoms with van der Waals surface area (Å²) >= 11 is 3.66. The highest BCUT2D eigenvalue weighted by atomic mass is 79.9. The molecule has 0 amide bonds. The van der Waals surface area contributed by atoms with Gasteiger partial charge in [-0.05, 0) is 78.5 Å². The first-order valence-electron chi connectivity index (χ1n) is 8.86. The van der Waals surface area contributed by atoms with Crippen LogP contribution in [0.4, 0.5) is 0 Å². The molecular weight excluding hydrogens is 406 g/mol. The number of hydrogen-bond donors (Lipinski definition) is 2. The molecule has 6 atom stereocenters. The Hall–Kier alpha value is -0.630. The molecule has 5 nitrogen and oxygen atoms in total. The van der Waals surface area contributed by atoms with E-state index >= 15 is 0 Å². The second-order valence-electron chi connectivity index (χ2n) is 8.10. The van der Waals surface area contributed by atoms with Crippen LogP contribution in [0, 0.1) is 17.3 Å². The van der Waals surface area contributed by atoms with Crippen molar-refractivity contribution in [3.63, 3.8) is 0 Å². The number of nitrogens with two attached hydrogens (primary N) is 1. The molecule has 138 valence electrons. The highest BCUT2D eigenvalue weighted by Gasteiger charge is 2.59. The Bertz CT molecular complexity index is 798. The second-order valence-corrected chi connectivity index (χ2v) is 10.5. The smallest absolute Gasteiger partial charge is 0.333 e. The lowest BCUT2D eigenvalue weighted by molar-refractivity contribution is -0.00700. The van der Waals surface area contributed by atoms with Crippen molar-refractivity contribution in [2.24, 2.45) is 22.4 Å². The number of alkyl halides is 1. The van der Waals surface area contributed by atoms with E-state index in [1.54, 1.807) is 6.07 Å². The standard InChI is InChI=1S/C18H24BrNO4S/c1-18-7-6-13-12-5-3-11(21)8-10(12)2-4-14(13)15(18)9-16(19)17(18)24-25(20,22)23/h3,5,8,13-17,21H,2,4,6-7,9H2,1H3,(H2,20,22,23)/t13-,14-,15+,16-,17+,18+/m1/s1. The molecule has 4 rings (SSSR count). The van der Waals surface area contributed by atoms with E-state index in [0.29, 0.717) is 23.5 Å². The van der Waals surface area contributed by atoms with E-state index in [1.165, 1.54) is 11.1 Å². The average Bonchev–Trinajstić information content (AvgIpc) is 2.77. The molecule has 0 heterocycles. The predicted molar refractivity (Wildman–Crippen MR) is 98.8 cm³/mol. The summed E-state index contributed by atoms with van der Waals surface area (Å²) in [5, 5.41) is 14.9. The maximum atomic E-state index is 11.5. The fourth-order valence-corrected chi connectivity index (χ4v) is 7.71. The van der Waals surface area contributed by atoms with Gasteiger partial charge in [0.25, 0.3) is 0 Å². The molecule has 0 saturated heterocycles. The lowest BCUT2D eigenvalue weighted by Gasteiger charge is -2.50. The Balaban J connectivity index is 1.66. The van der Waals surface area contributed by atoms with Gasteiger partial charge in [0.05, 0.1) is 6.10 Å². The largest absolute Gasteiger partial charge is 0.508 e. The van der Waals surface area contributed by atoms with Crippen LogP contribution in [-0.2, 0) is 20.9 Å². The van der Waals surface area contributed by atoms with Crippen molar-refractivity contribution >= 4 is 26.2 Å². The van der Waals surface area contributed by atoms with Crippen LogP contribution >= 0.6 is 15.9 Å². The number of benzene rings is 1. The first kappa shape index (κ1) is 17.8. The maximum absolute atomic E-state index is 11.5. The SMILES string of the molecule is C[C@]12CC[C@@H]3c4ccc(O)cc4CC[C@H]3[C@@H]1C[C@@H](Br)[C@@H]2OS(N)(=O)=O. The lowest BCUT2D eigenvalue weighted by atomic mass is 9.55. The van der Waals surface area contributed by atoms with E-state index in [9.17, 15) is 13.5 Å². The zero-order valence-electron chi connectivity index (χ0n) is 14.2. The Labute approximate surface area is 157 Å². The third kappa shape index (κ3) is 2.93. The monoisotopic (exact) mass is 429 g/mol. The molecule has 0 spiro atoms. The molecule has 0 bridgehead atoms. The highest BCUT2D eigenvalue weighted by Crippen LogP contribution is 2.62. The van der Waals surface area contributed by atoms with Gasteiger partial charge >= 0.3 is 10.3 Å². The number of fused-ring (bicyclic) bond motifs is 5. The highest BCUT2D eigenvalue weighted by molar-refractivity contribution is 9.09. The molecule has 2 fully saturated rings. The molecule has 1 aromatic carbocycles. The molecule has 25 heavy (non-hydrogen) atoms. The minimum absolute atomic E-state index is 0.000731. The summed E-state index contributed by atoms with van der Waals surface area (Å²) in [4.78, 5) is 0.000731. The maximum Gasteiger partial charge on any atom is 0.333 e. The van der Waals surface area contributed by atoms with Gasteiger partial charge in [0, 0.05) is 4.83 Å². The molecule has 3 N–H and O–H groups in total. The Morgan fingerprint density at radius 3 is 2.84 bits per heavy atom. The third-order valence-electron chi connectivity index (χ3n) is 6.84. The Morgan fingerprint density at radius 2 is 2.12 bits per heavy atom. The van der Waals surface area contributed by atoms with Crippen molar-refractivity contribution in [2.75, 3.05) is 0 Å². The normalized spacial score (nSPS) is 40.2. The number of hydrogen-bond acceptors (Lipinski definition) is 4. The van der Waals surface area contributed by atoms with Crippen LogP contribution in [0.15, 0.2) is 18.2 Å². The Kier molecular flexibility index (Phi) is 4.22. The molecule has 3 aliphatic carbocycles. The van der Waals surface area contributed by atoms with Gasteiger partial charge in [0.15, 0.2) is 0 Å². The van der Waals surface area contributed by atoms with E-state index in [4.69, 9.17) is 9.32 Å². The fraction of sp³-hybridized carbons (Fsp3) is 0.667. The molecule has 0 aromatic heterocycles. The zero-order chi connectivity index (χ0) is 18.0. The number of phenols is 1. The van der Waals surface area contributed by atoms with Crippen LogP contribution < -0.4 is 5.14 Å². The quantitative estimate of drug-likeness (QED) is 0.706. The summed E-state index contributed by atoms with van der Waals surface area (Å²) in [5.74, 6) is 1.74. The molecule has 0 radical (unpaired) electrons. The van der Waals surface area contributed by atoms with Crippen molar-refractivity contribution in [3.8, 4) is 5.75 Å². The van der Waals surface area contributed by atoms with Gasteiger partial charge in [0.2, 0.25) is 0 Å². The number of phenolic OH excluding ortho intramolecular Hbond substituents is 1. The van der Waals surface area contributed by atoms with Crippen molar-refractivity contribution < 1.29 is 17.7 Å². The van der Waals surface area contributed by atoms with Crippen molar-refractivity contribution in [3.05, 3.63) is 29.3 Å². The summed E-state index contributed by atoms with van der Waals surface area (Å²) in [7, 11) is -3.97. The van der Waals surface area contributed by atoms with Crippen molar-refractivity contribution in [1.29, 1.82) is 0 Å². The van der Waals surface area contributed by atoms with Gasteiger partial charge in [-0.15, -0.1) is 0 Å². The van der Waals surface area contributed by atoms with Crippen LogP contribution in [0.3, 0.4) is 0 Å². The minimum Gasteiger partial charge on any atom is -0.508 e.